The maximum atomic E-state index is 4.07. The number of piperidine rings is 1. The van der Waals surface area contributed by atoms with Crippen LogP contribution in [-0.2, 0) is 6.54 Å². The molecular weight excluding hydrogens is 242 g/mol. The van der Waals surface area contributed by atoms with E-state index in [1.54, 1.807) is 0 Å². The third kappa shape index (κ3) is 2.49. The zero-order chi connectivity index (χ0) is 12.4. The Morgan fingerprint density at radius 3 is 3.17 bits per heavy atom. The molecule has 3 heterocycles. The van der Waals surface area contributed by atoms with Gasteiger partial charge in [-0.05, 0) is 49.4 Å². The summed E-state index contributed by atoms with van der Waals surface area (Å²) >= 11 is 1.88. The minimum absolute atomic E-state index is 0.626. The summed E-state index contributed by atoms with van der Waals surface area (Å²) in [6.45, 7) is 5.69. The molecule has 2 aromatic rings. The summed E-state index contributed by atoms with van der Waals surface area (Å²) in [4.78, 5) is 4.09. The highest BCUT2D eigenvalue weighted by molar-refractivity contribution is 7.10. The lowest BCUT2D eigenvalue weighted by molar-refractivity contribution is 0.200. The van der Waals surface area contributed by atoms with Gasteiger partial charge in [-0.15, -0.1) is 11.3 Å². The van der Waals surface area contributed by atoms with E-state index in [4.69, 9.17) is 0 Å². The quantitative estimate of drug-likeness (QED) is 0.920. The van der Waals surface area contributed by atoms with Gasteiger partial charge in [0.2, 0.25) is 0 Å². The SMILES string of the molecule is Cc1ccsc1CN1CCC[C@H](c2ccn[nH]2)C1. The molecule has 0 bridgehead atoms. The largest absolute Gasteiger partial charge is 0.298 e. The lowest BCUT2D eigenvalue weighted by atomic mass is 9.95. The second-order valence-corrected chi connectivity index (χ2v) is 6.11. The van der Waals surface area contributed by atoms with E-state index in [-0.39, 0.29) is 0 Å². The van der Waals surface area contributed by atoms with Crippen LogP contribution in [0.5, 0.6) is 0 Å². The Labute approximate surface area is 112 Å². The molecule has 3 nitrogen and oxygen atoms in total. The van der Waals surface area contributed by atoms with Crippen LogP contribution in [0, 0.1) is 6.92 Å². The summed E-state index contributed by atoms with van der Waals surface area (Å²) in [5.41, 5.74) is 2.73. The van der Waals surface area contributed by atoms with Crippen LogP contribution in [0.3, 0.4) is 0 Å². The van der Waals surface area contributed by atoms with Crippen molar-refractivity contribution >= 4 is 11.3 Å². The Kier molecular flexibility index (Phi) is 3.48. The van der Waals surface area contributed by atoms with Gasteiger partial charge in [0.1, 0.15) is 0 Å². The van der Waals surface area contributed by atoms with E-state index in [2.05, 4.69) is 39.5 Å². The monoisotopic (exact) mass is 261 g/mol. The molecule has 1 N–H and O–H groups in total. The molecule has 4 heteroatoms. The zero-order valence-corrected chi connectivity index (χ0v) is 11.5. The third-order valence-electron chi connectivity index (χ3n) is 3.80. The van der Waals surface area contributed by atoms with Crippen LogP contribution in [0.25, 0.3) is 0 Å². The minimum atomic E-state index is 0.626. The molecule has 3 rings (SSSR count). The second kappa shape index (κ2) is 5.24. The molecule has 0 aliphatic carbocycles. The van der Waals surface area contributed by atoms with Gasteiger partial charge in [0, 0.05) is 35.8 Å². The molecular formula is C14H19N3S. The predicted molar refractivity (Wildman–Crippen MR) is 74.9 cm³/mol. The van der Waals surface area contributed by atoms with Gasteiger partial charge in [-0.3, -0.25) is 10.00 Å². The first-order valence-corrected chi connectivity index (χ1v) is 7.45. The van der Waals surface area contributed by atoms with Crippen molar-refractivity contribution in [2.45, 2.75) is 32.2 Å². The lowest BCUT2D eigenvalue weighted by Crippen LogP contribution is -2.33. The number of aromatic amines is 1. The van der Waals surface area contributed by atoms with Crippen LogP contribution >= 0.6 is 11.3 Å². The van der Waals surface area contributed by atoms with Gasteiger partial charge in [-0.2, -0.15) is 5.10 Å². The Hall–Kier alpha value is -1.13. The molecule has 1 aliphatic rings. The van der Waals surface area contributed by atoms with E-state index in [0.717, 1.165) is 13.1 Å². The first kappa shape index (κ1) is 11.9. The number of nitrogens with one attached hydrogen (secondary N) is 1. The normalized spacial score (nSPS) is 21.3. The minimum Gasteiger partial charge on any atom is -0.298 e. The molecule has 96 valence electrons. The van der Waals surface area contributed by atoms with Gasteiger partial charge >= 0.3 is 0 Å². The van der Waals surface area contributed by atoms with Gasteiger partial charge in [-0.1, -0.05) is 0 Å². The van der Waals surface area contributed by atoms with E-state index in [1.165, 1.54) is 35.5 Å². The highest BCUT2D eigenvalue weighted by atomic mass is 32.1. The van der Waals surface area contributed by atoms with Crippen molar-refractivity contribution in [2.24, 2.45) is 0 Å². The number of nitrogens with zero attached hydrogens (tertiary/aromatic N) is 2. The van der Waals surface area contributed by atoms with Crippen LogP contribution < -0.4 is 0 Å². The number of aromatic nitrogens is 2. The number of hydrogen-bond donors (Lipinski definition) is 1. The molecule has 18 heavy (non-hydrogen) atoms. The second-order valence-electron chi connectivity index (χ2n) is 5.11. The number of hydrogen-bond acceptors (Lipinski definition) is 3. The van der Waals surface area contributed by atoms with Gasteiger partial charge in [-0.25, -0.2) is 0 Å². The molecule has 1 saturated heterocycles. The summed E-state index contributed by atoms with van der Waals surface area (Å²) in [6, 6.07) is 4.33. The van der Waals surface area contributed by atoms with Crippen LogP contribution in [-0.4, -0.2) is 28.2 Å². The maximum Gasteiger partial charge on any atom is 0.0490 e. The molecule has 1 fully saturated rings. The molecule has 0 spiro atoms. The molecule has 0 unspecified atom stereocenters. The summed E-state index contributed by atoms with van der Waals surface area (Å²) in [5, 5.41) is 9.39. The van der Waals surface area contributed by atoms with Crippen molar-refractivity contribution in [1.82, 2.24) is 15.1 Å². The first-order chi connectivity index (χ1) is 8.83. The van der Waals surface area contributed by atoms with Gasteiger partial charge < -0.3 is 0 Å². The van der Waals surface area contributed by atoms with Crippen molar-refractivity contribution < 1.29 is 0 Å². The Balaban J connectivity index is 1.66. The fraction of sp³-hybridized carbons (Fsp3) is 0.500. The molecule has 0 aromatic carbocycles. The zero-order valence-electron chi connectivity index (χ0n) is 10.7. The van der Waals surface area contributed by atoms with Crippen LogP contribution in [0.2, 0.25) is 0 Å². The highest BCUT2D eigenvalue weighted by Crippen LogP contribution is 2.27. The van der Waals surface area contributed by atoms with E-state index in [0.29, 0.717) is 5.92 Å². The average Bonchev–Trinajstić information content (AvgIpc) is 3.02. The number of thiophene rings is 1. The Morgan fingerprint density at radius 1 is 1.50 bits per heavy atom. The highest BCUT2D eigenvalue weighted by Gasteiger charge is 2.22. The summed E-state index contributed by atoms with van der Waals surface area (Å²) in [7, 11) is 0. The third-order valence-corrected chi connectivity index (χ3v) is 4.81. The van der Waals surface area contributed by atoms with Crippen molar-refractivity contribution in [3.8, 4) is 0 Å². The van der Waals surface area contributed by atoms with Crippen LogP contribution in [0.1, 0.15) is 34.9 Å². The standard InChI is InChI=1S/C14H19N3S/c1-11-5-8-18-14(11)10-17-7-2-3-12(9-17)13-4-6-15-16-13/h4-6,8,12H,2-3,7,9-10H2,1H3,(H,15,16)/t12-/m0/s1. The maximum absolute atomic E-state index is 4.07. The Bertz CT molecular complexity index is 489. The van der Waals surface area contributed by atoms with Crippen LogP contribution in [0.4, 0.5) is 0 Å². The molecule has 0 radical (unpaired) electrons. The molecule has 1 aliphatic heterocycles. The number of rotatable bonds is 3. The Morgan fingerprint density at radius 2 is 2.44 bits per heavy atom. The summed E-state index contributed by atoms with van der Waals surface area (Å²) in [5.74, 6) is 0.626. The summed E-state index contributed by atoms with van der Waals surface area (Å²) in [6.07, 6.45) is 4.42. The number of aryl methyl sites for hydroxylation is 1. The van der Waals surface area contributed by atoms with E-state index < -0.39 is 0 Å². The fourth-order valence-corrected chi connectivity index (χ4v) is 3.66. The van der Waals surface area contributed by atoms with Gasteiger partial charge in [0.25, 0.3) is 0 Å². The topological polar surface area (TPSA) is 31.9 Å². The van der Waals surface area contributed by atoms with E-state index in [9.17, 15) is 0 Å². The predicted octanol–water partition coefficient (Wildman–Crippen LogP) is 3.16. The van der Waals surface area contributed by atoms with Crippen LogP contribution in [0.15, 0.2) is 23.7 Å². The fourth-order valence-electron chi connectivity index (χ4n) is 2.72. The van der Waals surface area contributed by atoms with Gasteiger partial charge in [0.15, 0.2) is 0 Å². The number of likely N-dealkylation sites (tertiary alicyclic amines) is 1. The lowest BCUT2D eigenvalue weighted by Gasteiger charge is -2.32. The summed E-state index contributed by atoms with van der Waals surface area (Å²) < 4.78 is 0. The molecule has 0 amide bonds. The number of H-pyrrole nitrogens is 1. The molecule has 1 atom stereocenters. The average molecular weight is 261 g/mol. The van der Waals surface area contributed by atoms with Gasteiger partial charge in [0.05, 0.1) is 0 Å². The first-order valence-electron chi connectivity index (χ1n) is 6.57. The molecule has 2 aromatic heterocycles. The van der Waals surface area contributed by atoms with Crippen molar-refractivity contribution in [3.05, 3.63) is 39.8 Å². The molecule has 0 saturated carbocycles. The smallest absolute Gasteiger partial charge is 0.0490 e. The van der Waals surface area contributed by atoms with Crippen molar-refractivity contribution in [2.75, 3.05) is 13.1 Å². The van der Waals surface area contributed by atoms with Crippen molar-refractivity contribution in [1.29, 1.82) is 0 Å². The van der Waals surface area contributed by atoms with E-state index in [1.807, 2.05) is 17.5 Å². The van der Waals surface area contributed by atoms with Crippen molar-refractivity contribution in [3.63, 3.8) is 0 Å². The van der Waals surface area contributed by atoms with E-state index >= 15 is 0 Å².